The van der Waals surface area contributed by atoms with Crippen LogP contribution in [0.15, 0.2) is 36.9 Å². The summed E-state index contributed by atoms with van der Waals surface area (Å²) in [6.45, 7) is 0. The van der Waals surface area contributed by atoms with Crippen LogP contribution >= 0.6 is 0 Å². The number of nitrogens with zero attached hydrogens (tertiary/aromatic N) is 2. The summed E-state index contributed by atoms with van der Waals surface area (Å²) in [5.74, 6) is 0.270. The van der Waals surface area contributed by atoms with E-state index in [1.807, 2.05) is 0 Å². The van der Waals surface area contributed by atoms with Crippen LogP contribution in [0.3, 0.4) is 0 Å². The molecule has 1 N–H and O–H groups in total. The number of hydrogen-bond donors (Lipinski definition) is 1. The van der Waals surface area contributed by atoms with Crippen LogP contribution in [0, 0.1) is 5.82 Å². The SMILES string of the molecule is COc1ccc(F)c(-c2cncc3[nH]cnc23)c1. The van der Waals surface area contributed by atoms with Crippen molar-refractivity contribution in [3.8, 4) is 16.9 Å². The van der Waals surface area contributed by atoms with Crippen molar-refractivity contribution < 1.29 is 9.13 Å². The molecule has 0 saturated heterocycles. The van der Waals surface area contributed by atoms with E-state index in [0.29, 0.717) is 22.4 Å². The monoisotopic (exact) mass is 243 g/mol. The molecule has 0 amide bonds. The Morgan fingerprint density at radius 2 is 2.11 bits per heavy atom. The second-order valence-electron chi connectivity index (χ2n) is 3.83. The fourth-order valence-corrected chi connectivity index (χ4v) is 1.90. The maximum absolute atomic E-state index is 13.9. The number of halogens is 1. The van der Waals surface area contributed by atoms with E-state index in [-0.39, 0.29) is 5.82 Å². The van der Waals surface area contributed by atoms with E-state index in [9.17, 15) is 4.39 Å². The third kappa shape index (κ3) is 1.60. The number of pyridine rings is 1. The number of benzene rings is 1. The fourth-order valence-electron chi connectivity index (χ4n) is 1.90. The van der Waals surface area contributed by atoms with Gasteiger partial charge in [-0.2, -0.15) is 0 Å². The summed E-state index contributed by atoms with van der Waals surface area (Å²) in [6, 6.07) is 4.59. The van der Waals surface area contributed by atoms with E-state index < -0.39 is 0 Å². The number of rotatable bonds is 2. The highest BCUT2D eigenvalue weighted by Gasteiger charge is 2.12. The maximum Gasteiger partial charge on any atom is 0.131 e. The highest BCUT2D eigenvalue weighted by molar-refractivity contribution is 5.91. The summed E-state index contributed by atoms with van der Waals surface area (Å²) < 4.78 is 19.0. The molecule has 0 spiro atoms. The van der Waals surface area contributed by atoms with Crippen LogP contribution in [0.25, 0.3) is 22.2 Å². The lowest BCUT2D eigenvalue weighted by atomic mass is 10.1. The van der Waals surface area contributed by atoms with Crippen molar-refractivity contribution in [2.45, 2.75) is 0 Å². The van der Waals surface area contributed by atoms with Gasteiger partial charge in [0, 0.05) is 17.3 Å². The van der Waals surface area contributed by atoms with Crippen LogP contribution < -0.4 is 4.74 Å². The van der Waals surface area contributed by atoms with Gasteiger partial charge in [0.2, 0.25) is 0 Å². The largest absolute Gasteiger partial charge is 0.497 e. The Hall–Kier alpha value is -2.43. The summed E-state index contributed by atoms with van der Waals surface area (Å²) in [5.41, 5.74) is 2.54. The van der Waals surface area contributed by atoms with Gasteiger partial charge in [-0.15, -0.1) is 0 Å². The summed E-state index contributed by atoms with van der Waals surface area (Å²) in [6.07, 6.45) is 4.82. The first-order valence-corrected chi connectivity index (χ1v) is 5.40. The summed E-state index contributed by atoms with van der Waals surface area (Å²) in [7, 11) is 1.55. The molecule has 0 aliphatic heterocycles. The van der Waals surface area contributed by atoms with Gasteiger partial charge in [0.25, 0.3) is 0 Å². The predicted octanol–water partition coefficient (Wildman–Crippen LogP) is 2.77. The van der Waals surface area contributed by atoms with Crippen LogP contribution in [0.1, 0.15) is 0 Å². The van der Waals surface area contributed by atoms with Gasteiger partial charge >= 0.3 is 0 Å². The smallest absolute Gasteiger partial charge is 0.131 e. The molecule has 0 radical (unpaired) electrons. The van der Waals surface area contributed by atoms with E-state index >= 15 is 0 Å². The Kier molecular flexibility index (Phi) is 2.44. The van der Waals surface area contributed by atoms with E-state index in [1.54, 1.807) is 38.0 Å². The first-order chi connectivity index (χ1) is 8.79. The molecule has 90 valence electrons. The molecule has 0 aliphatic carbocycles. The summed E-state index contributed by atoms with van der Waals surface area (Å²) in [4.78, 5) is 11.2. The van der Waals surface area contributed by atoms with Gasteiger partial charge in [0.05, 0.1) is 30.7 Å². The van der Waals surface area contributed by atoms with E-state index in [4.69, 9.17) is 4.74 Å². The zero-order valence-electron chi connectivity index (χ0n) is 9.64. The van der Waals surface area contributed by atoms with Crippen LogP contribution in [0.2, 0.25) is 0 Å². The van der Waals surface area contributed by atoms with E-state index in [1.165, 1.54) is 6.07 Å². The minimum absolute atomic E-state index is 0.326. The lowest BCUT2D eigenvalue weighted by Gasteiger charge is -2.06. The van der Waals surface area contributed by atoms with Crippen LogP contribution in [-0.2, 0) is 0 Å². The number of hydrogen-bond acceptors (Lipinski definition) is 3. The number of nitrogens with one attached hydrogen (secondary N) is 1. The van der Waals surface area contributed by atoms with Gasteiger partial charge in [-0.1, -0.05) is 0 Å². The minimum atomic E-state index is -0.326. The Bertz CT molecular complexity index is 708. The molecule has 2 aromatic heterocycles. The first kappa shape index (κ1) is 10.7. The third-order valence-electron chi connectivity index (χ3n) is 2.79. The van der Waals surface area contributed by atoms with Crippen molar-refractivity contribution in [2.24, 2.45) is 0 Å². The van der Waals surface area contributed by atoms with Crippen molar-refractivity contribution in [1.82, 2.24) is 15.0 Å². The van der Waals surface area contributed by atoms with Crippen LogP contribution in [0.5, 0.6) is 5.75 Å². The quantitative estimate of drug-likeness (QED) is 0.753. The molecule has 0 bridgehead atoms. The zero-order chi connectivity index (χ0) is 12.5. The molecule has 0 fully saturated rings. The lowest BCUT2D eigenvalue weighted by molar-refractivity contribution is 0.414. The molecule has 2 heterocycles. The minimum Gasteiger partial charge on any atom is -0.497 e. The first-order valence-electron chi connectivity index (χ1n) is 5.40. The molecule has 0 atom stereocenters. The lowest BCUT2D eigenvalue weighted by Crippen LogP contribution is -1.90. The third-order valence-corrected chi connectivity index (χ3v) is 2.79. The molecule has 4 nitrogen and oxygen atoms in total. The van der Waals surface area contributed by atoms with Gasteiger partial charge in [0.1, 0.15) is 11.6 Å². The van der Waals surface area contributed by atoms with Crippen LogP contribution in [-0.4, -0.2) is 22.1 Å². The molecule has 5 heteroatoms. The molecule has 0 aliphatic rings. The van der Waals surface area contributed by atoms with Crippen molar-refractivity contribution in [3.05, 3.63) is 42.7 Å². The van der Waals surface area contributed by atoms with Crippen molar-refractivity contribution in [3.63, 3.8) is 0 Å². The Labute approximate surface area is 102 Å². The molecule has 0 saturated carbocycles. The summed E-state index contributed by atoms with van der Waals surface area (Å²) in [5, 5.41) is 0. The van der Waals surface area contributed by atoms with Crippen molar-refractivity contribution >= 4 is 11.0 Å². The zero-order valence-corrected chi connectivity index (χ0v) is 9.64. The van der Waals surface area contributed by atoms with E-state index in [0.717, 1.165) is 5.52 Å². The normalized spacial score (nSPS) is 10.8. The molecular formula is C13H10FN3O. The number of aromatic nitrogens is 3. The Morgan fingerprint density at radius 1 is 1.22 bits per heavy atom. The Balaban J connectivity index is 2.28. The molecule has 3 rings (SSSR count). The number of ether oxygens (including phenoxy) is 1. The molecular weight excluding hydrogens is 233 g/mol. The predicted molar refractivity (Wildman–Crippen MR) is 65.8 cm³/mol. The molecule has 1 aromatic carbocycles. The topological polar surface area (TPSA) is 50.8 Å². The van der Waals surface area contributed by atoms with Gasteiger partial charge in [-0.05, 0) is 18.2 Å². The van der Waals surface area contributed by atoms with Gasteiger partial charge in [-0.25, -0.2) is 9.37 Å². The average molecular weight is 243 g/mol. The number of aromatic amines is 1. The summed E-state index contributed by atoms with van der Waals surface area (Å²) >= 11 is 0. The molecule has 0 unspecified atom stereocenters. The standard InChI is InChI=1S/C13H10FN3O/c1-18-8-2-3-11(14)9(4-8)10-5-15-6-12-13(10)17-7-16-12/h2-7H,1H3,(H,16,17). The Morgan fingerprint density at radius 3 is 2.94 bits per heavy atom. The maximum atomic E-state index is 13.9. The van der Waals surface area contributed by atoms with Crippen LogP contribution in [0.4, 0.5) is 4.39 Å². The number of H-pyrrole nitrogens is 1. The second-order valence-corrected chi connectivity index (χ2v) is 3.83. The number of imidazole rings is 1. The second kappa shape index (κ2) is 4.10. The molecule has 18 heavy (non-hydrogen) atoms. The van der Waals surface area contributed by atoms with Crippen molar-refractivity contribution in [2.75, 3.05) is 7.11 Å². The molecule has 3 aromatic rings. The highest BCUT2D eigenvalue weighted by Crippen LogP contribution is 2.30. The van der Waals surface area contributed by atoms with Gasteiger partial charge in [0.15, 0.2) is 0 Å². The number of methoxy groups -OCH3 is 1. The van der Waals surface area contributed by atoms with E-state index in [2.05, 4.69) is 15.0 Å². The fraction of sp³-hybridized carbons (Fsp3) is 0.0769. The van der Waals surface area contributed by atoms with Crippen molar-refractivity contribution in [1.29, 1.82) is 0 Å². The van der Waals surface area contributed by atoms with Gasteiger partial charge in [-0.3, -0.25) is 4.98 Å². The van der Waals surface area contributed by atoms with Gasteiger partial charge < -0.3 is 9.72 Å². The average Bonchev–Trinajstić information content (AvgIpc) is 2.87. The number of fused-ring (bicyclic) bond motifs is 1. The highest BCUT2D eigenvalue weighted by atomic mass is 19.1.